The van der Waals surface area contributed by atoms with Crippen LogP contribution in [0, 0.1) is 5.92 Å². The van der Waals surface area contributed by atoms with Gasteiger partial charge in [0.1, 0.15) is 11.3 Å². The highest BCUT2D eigenvalue weighted by Crippen LogP contribution is 2.35. The SMILES string of the molecule is CCC1CCC(NC(=O)c2ccc(OC)c(OCCc3ccc(OC(F)(F)F)cc3)c2)(C(=O)O)CC1. The highest BCUT2D eigenvalue weighted by Gasteiger charge is 2.43. The van der Waals surface area contributed by atoms with E-state index in [1.807, 2.05) is 0 Å². The predicted molar refractivity (Wildman–Crippen MR) is 125 cm³/mol. The molecule has 1 fully saturated rings. The molecule has 1 amide bonds. The van der Waals surface area contributed by atoms with Crippen LogP contribution in [-0.2, 0) is 11.2 Å². The van der Waals surface area contributed by atoms with E-state index in [-0.39, 0.29) is 17.9 Å². The molecule has 0 bridgehead atoms. The van der Waals surface area contributed by atoms with Crippen LogP contribution in [0.15, 0.2) is 42.5 Å². The number of carboxylic acid groups (broad SMARTS) is 1. The van der Waals surface area contributed by atoms with Crippen LogP contribution in [0.3, 0.4) is 0 Å². The summed E-state index contributed by atoms with van der Waals surface area (Å²) in [6.45, 7) is 2.24. The van der Waals surface area contributed by atoms with Crippen molar-refractivity contribution in [1.29, 1.82) is 0 Å². The van der Waals surface area contributed by atoms with Crippen molar-refractivity contribution in [2.45, 2.75) is 57.3 Å². The van der Waals surface area contributed by atoms with Crippen LogP contribution in [0.25, 0.3) is 0 Å². The second-order valence-corrected chi connectivity index (χ2v) is 8.85. The average molecular weight is 510 g/mol. The molecule has 0 aliphatic heterocycles. The molecule has 10 heteroatoms. The lowest BCUT2D eigenvalue weighted by atomic mass is 9.75. The second kappa shape index (κ2) is 11.5. The van der Waals surface area contributed by atoms with Crippen LogP contribution in [0.2, 0.25) is 0 Å². The fourth-order valence-corrected chi connectivity index (χ4v) is 4.33. The minimum atomic E-state index is -4.75. The Morgan fingerprint density at radius 2 is 1.75 bits per heavy atom. The first-order valence-corrected chi connectivity index (χ1v) is 11.8. The number of carbonyl (C=O) groups excluding carboxylic acids is 1. The van der Waals surface area contributed by atoms with Crippen LogP contribution in [0.4, 0.5) is 13.2 Å². The molecular formula is C26H30F3NO6. The zero-order valence-electron chi connectivity index (χ0n) is 20.2. The second-order valence-electron chi connectivity index (χ2n) is 8.85. The summed E-state index contributed by atoms with van der Waals surface area (Å²) in [6.07, 6.45) is -1.16. The number of carboxylic acids is 1. The van der Waals surface area contributed by atoms with Gasteiger partial charge < -0.3 is 24.6 Å². The fraction of sp³-hybridized carbons (Fsp3) is 0.462. The van der Waals surface area contributed by atoms with E-state index in [1.54, 1.807) is 6.07 Å². The van der Waals surface area contributed by atoms with Gasteiger partial charge in [0.05, 0.1) is 13.7 Å². The first kappa shape index (κ1) is 27.2. The number of ether oxygens (including phenoxy) is 3. The largest absolute Gasteiger partial charge is 0.573 e. The van der Waals surface area contributed by atoms with Crippen molar-refractivity contribution in [2.24, 2.45) is 5.92 Å². The molecule has 3 rings (SSSR count). The first-order chi connectivity index (χ1) is 17.0. The van der Waals surface area contributed by atoms with E-state index in [4.69, 9.17) is 9.47 Å². The summed E-state index contributed by atoms with van der Waals surface area (Å²) in [5, 5.41) is 12.6. The lowest BCUT2D eigenvalue weighted by Gasteiger charge is -2.37. The van der Waals surface area contributed by atoms with Gasteiger partial charge in [0.25, 0.3) is 5.91 Å². The van der Waals surface area contributed by atoms with Crippen LogP contribution < -0.4 is 19.5 Å². The zero-order chi connectivity index (χ0) is 26.3. The Hall–Kier alpha value is -3.43. The molecule has 0 radical (unpaired) electrons. The number of alkyl halides is 3. The molecule has 1 saturated carbocycles. The number of benzene rings is 2. The van der Waals surface area contributed by atoms with Crippen molar-refractivity contribution >= 4 is 11.9 Å². The highest BCUT2D eigenvalue weighted by molar-refractivity contribution is 5.98. The summed E-state index contributed by atoms with van der Waals surface area (Å²) in [4.78, 5) is 25.0. The van der Waals surface area contributed by atoms with Crippen LogP contribution in [0.5, 0.6) is 17.2 Å². The molecule has 0 atom stereocenters. The number of halogens is 3. The summed E-state index contributed by atoms with van der Waals surface area (Å²) in [5.41, 5.74) is -0.340. The zero-order valence-corrected chi connectivity index (χ0v) is 20.2. The van der Waals surface area contributed by atoms with Gasteiger partial charge in [-0.15, -0.1) is 13.2 Å². The predicted octanol–water partition coefficient (Wildman–Crippen LogP) is 5.37. The van der Waals surface area contributed by atoms with E-state index in [0.29, 0.717) is 36.7 Å². The third kappa shape index (κ3) is 7.05. The lowest BCUT2D eigenvalue weighted by molar-refractivity contribution is -0.274. The number of rotatable bonds is 10. The van der Waals surface area contributed by atoms with Gasteiger partial charge in [-0.2, -0.15) is 0 Å². The summed E-state index contributed by atoms with van der Waals surface area (Å²) >= 11 is 0. The quantitative estimate of drug-likeness (QED) is 0.447. The fourth-order valence-electron chi connectivity index (χ4n) is 4.33. The van der Waals surface area contributed by atoms with E-state index in [2.05, 4.69) is 17.0 Å². The Kier molecular flexibility index (Phi) is 8.70. The summed E-state index contributed by atoms with van der Waals surface area (Å²) in [5.74, 6) is -0.723. The number of hydrogen-bond acceptors (Lipinski definition) is 5. The number of aliphatic carboxylic acids is 1. The van der Waals surface area contributed by atoms with Gasteiger partial charge in [0, 0.05) is 12.0 Å². The van der Waals surface area contributed by atoms with Crippen LogP contribution >= 0.6 is 0 Å². The van der Waals surface area contributed by atoms with E-state index in [9.17, 15) is 27.9 Å². The molecule has 7 nitrogen and oxygen atoms in total. The summed E-state index contributed by atoms with van der Waals surface area (Å²) in [7, 11) is 1.45. The molecule has 1 aliphatic rings. The first-order valence-electron chi connectivity index (χ1n) is 11.8. The number of carbonyl (C=O) groups is 2. The molecule has 36 heavy (non-hydrogen) atoms. The van der Waals surface area contributed by atoms with E-state index in [0.717, 1.165) is 24.8 Å². The van der Waals surface area contributed by atoms with Gasteiger partial charge in [0.15, 0.2) is 11.5 Å². The van der Waals surface area contributed by atoms with Crippen molar-refractivity contribution in [3.05, 3.63) is 53.6 Å². The molecule has 2 aromatic rings. The maximum atomic E-state index is 13.0. The van der Waals surface area contributed by atoms with E-state index >= 15 is 0 Å². The maximum absolute atomic E-state index is 13.0. The summed E-state index contributed by atoms with van der Waals surface area (Å²) < 4.78 is 51.9. The molecule has 2 N–H and O–H groups in total. The topological polar surface area (TPSA) is 94.1 Å². The third-order valence-electron chi connectivity index (χ3n) is 6.53. The standard InChI is InChI=1S/C26H30F3NO6/c1-3-17-10-13-25(14-11-17,24(32)33)30-23(31)19-6-9-21(34-2)22(16-19)35-15-12-18-4-7-20(8-5-18)36-26(27,28)29/h4-9,16-17H,3,10-15H2,1-2H3,(H,30,31)(H,32,33). The Morgan fingerprint density at radius 1 is 1.08 bits per heavy atom. The third-order valence-corrected chi connectivity index (χ3v) is 6.53. The minimum absolute atomic E-state index is 0.165. The summed E-state index contributed by atoms with van der Waals surface area (Å²) in [6, 6.07) is 10.0. The number of methoxy groups -OCH3 is 1. The molecule has 0 aromatic heterocycles. The van der Waals surface area contributed by atoms with Gasteiger partial charge in [-0.3, -0.25) is 4.79 Å². The molecule has 0 saturated heterocycles. The normalized spacial score (nSPS) is 19.9. The maximum Gasteiger partial charge on any atom is 0.573 e. The number of hydrogen-bond donors (Lipinski definition) is 2. The van der Waals surface area contributed by atoms with E-state index < -0.39 is 23.8 Å². The van der Waals surface area contributed by atoms with Gasteiger partial charge in [-0.1, -0.05) is 25.5 Å². The Bertz CT molecular complexity index is 1050. The molecule has 0 heterocycles. The molecule has 196 valence electrons. The molecule has 0 unspecified atom stereocenters. The molecule has 2 aromatic carbocycles. The van der Waals surface area contributed by atoms with Gasteiger partial charge >= 0.3 is 12.3 Å². The van der Waals surface area contributed by atoms with Gasteiger partial charge in [-0.05, 0) is 67.5 Å². The Morgan fingerprint density at radius 3 is 2.31 bits per heavy atom. The highest BCUT2D eigenvalue weighted by atomic mass is 19.4. The molecule has 0 spiro atoms. The Labute approximate surface area is 207 Å². The van der Waals surface area contributed by atoms with Crippen molar-refractivity contribution in [3.8, 4) is 17.2 Å². The minimum Gasteiger partial charge on any atom is -0.493 e. The van der Waals surface area contributed by atoms with E-state index in [1.165, 1.54) is 43.5 Å². The monoisotopic (exact) mass is 509 g/mol. The van der Waals surface area contributed by atoms with Crippen molar-refractivity contribution in [1.82, 2.24) is 5.32 Å². The number of nitrogens with one attached hydrogen (secondary N) is 1. The average Bonchev–Trinajstić information content (AvgIpc) is 2.84. The van der Waals surface area contributed by atoms with Gasteiger partial charge in [-0.25, -0.2) is 4.79 Å². The van der Waals surface area contributed by atoms with Crippen LogP contribution in [-0.4, -0.2) is 42.6 Å². The van der Waals surface area contributed by atoms with Crippen molar-refractivity contribution in [2.75, 3.05) is 13.7 Å². The van der Waals surface area contributed by atoms with Crippen molar-refractivity contribution in [3.63, 3.8) is 0 Å². The smallest absolute Gasteiger partial charge is 0.493 e. The van der Waals surface area contributed by atoms with Crippen LogP contribution in [0.1, 0.15) is 54.9 Å². The number of amides is 1. The Balaban J connectivity index is 1.65. The van der Waals surface area contributed by atoms with Gasteiger partial charge in [0.2, 0.25) is 0 Å². The molecular weight excluding hydrogens is 479 g/mol. The van der Waals surface area contributed by atoms with Crippen molar-refractivity contribution < 1.29 is 42.1 Å². The lowest BCUT2D eigenvalue weighted by Crippen LogP contribution is -2.56. The molecule has 1 aliphatic carbocycles.